The fraction of sp³-hybridized carbons (Fsp3) is 0.222. The predicted octanol–water partition coefficient (Wildman–Crippen LogP) is 2.74. The molecule has 3 aromatic rings. The van der Waals surface area contributed by atoms with Crippen LogP contribution in [0.5, 0.6) is 17.2 Å². The topological polar surface area (TPSA) is 123 Å². The number of hydrogen-bond donors (Lipinski definition) is 1. The number of ether oxygens (including phenoxy) is 3. The van der Waals surface area contributed by atoms with Gasteiger partial charge in [-0.25, -0.2) is 9.97 Å². The van der Waals surface area contributed by atoms with Gasteiger partial charge in [0.05, 0.1) is 31.9 Å². The van der Waals surface area contributed by atoms with Crippen molar-refractivity contribution in [3.8, 4) is 17.2 Å². The van der Waals surface area contributed by atoms with Crippen LogP contribution in [0.3, 0.4) is 0 Å². The van der Waals surface area contributed by atoms with Crippen LogP contribution in [0.4, 0.5) is 11.6 Å². The molecule has 0 atom stereocenters. The summed E-state index contributed by atoms with van der Waals surface area (Å²) in [6, 6.07) is 8.02. The molecule has 2 N–H and O–H groups in total. The number of non-ortho nitro benzene ring substituents is 1. The van der Waals surface area contributed by atoms with Crippen LogP contribution in [0, 0.1) is 10.1 Å². The molecule has 0 saturated heterocycles. The van der Waals surface area contributed by atoms with E-state index < -0.39 is 4.92 Å². The van der Waals surface area contributed by atoms with E-state index in [0.717, 1.165) is 5.56 Å². The highest BCUT2D eigenvalue weighted by Crippen LogP contribution is 2.43. The monoisotopic (exact) mass is 370 g/mol. The zero-order valence-electron chi connectivity index (χ0n) is 15.1. The number of nitro groups is 1. The summed E-state index contributed by atoms with van der Waals surface area (Å²) in [4.78, 5) is 19.0. The van der Waals surface area contributed by atoms with E-state index in [9.17, 15) is 10.1 Å². The number of rotatable bonds is 6. The number of aromatic nitrogens is 2. The number of nitrogens with zero attached hydrogens (tertiary/aromatic N) is 3. The first-order valence-corrected chi connectivity index (χ1v) is 7.96. The number of nitrogens with two attached hydrogens (primary N) is 1. The second kappa shape index (κ2) is 7.32. The number of hydrogen-bond acceptors (Lipinski definition) is 8. The van der Waals surface area contributed by atoms with Crippen molar-refractivity contribution in [1.29, 1.82) is 0 Å². The average Bonchev–Trinajstić information content (AvgIpc) is 2.66. The number of anilines is 1. The third-order valence-electron chi connectivity index (χ3n) is 4.11. The average molecular weight is 370 g/mol. The number of benzene rings is 2. The van der Waals surface area contributed by atoms with Crippen molar-refractivity contribution in [1.82, 2.24) is 9.97 Å². The molecule has 0 bridgehead atoms. The van der Waals surface area contributed by atoms with Crippen LogP contribution in [-0.4, -0.2) is 36.2 Å². The van der Waals surface area contributed by atoms with Crippen LogP contribution in [-0.2, 0) is 6.42 Å². The summed E-state index contributed by atoms with van der Waals surface area (Å²) < 4.78 is 16.3. The molecule has 1 aromatic heterocycles. The number of methoxy groups -OCH3 is 3. The van der Waals surface area contributed by atoms with E-state index in [1.165, 1.54) is 33.5 Å². The number of fused-ring (bicyclic) bond motifs is 1. The van der Waals surface area contributed by atoms with Crippen LogP contribution < -0.4 is 19.9 Å². The van der Waals surface area contributed by atoms with Crippen molar-refractivity contribution in [2.75, 3.05) is 27.1 Å². The predicted molar refractivity (Wildman–Crippen MR) is 99.5 cm³/mol. The van der Waals surface area contributed by atoms with E-state index in [1.807, 2.05) is 0 Å². The lowest BCUT2D eigenvalue weighted by atomic mass is 10.0. The van der Waals surface area contributed by atoms with Crippen molar-refractivity contribution < 1.29 is 19.1 Å². The van der Waals surface area contributed by atoms with Gasteiger partial charge in [0.1, 0.15) is 5.52 Å². The lowest BCUT2D eigenvalue weighted by Crippen LogP contribution is -2.05. The molecular formula is C18H18N4O5. The van der Waals surface area contributed by atoms with Crippen LogP contribution >= 0.6 is 0 Å². The van der Waals surface area contributed by atoms with Crippen molar-refractivity contribution in [2.45, 2.75) is 6.42 Å². The van der Waals surface area contributed by atoms with E-state index >= 15 is 0 Å². The summed E-state index contributed by atoms with van der Waals surface area (Å²) in [5, 5.41) is 11.5. The van der Waals surface area contributed by atoms with Crippen molar-refractivity contribution >= 4 is 22.5 Å². The third-order valence-corrected chi connectivity index (χ3v) is 4.11. The molecule has 140 valence electrons. The minimum absolute atomic E-state index is 0.0267. The number of nitrogen functional groups attached to an aromatic ring is 1. The molecule has 0 spiro atoms. The maximum absolute atomic E-state index is 10.8. The summed E-state index contributed by atoms with van der Waals surface area (Å²) in [5.74, 6) is 1.36. The van der Waals surface area contributed by atoms with Crippen molar-refractivity contribution in [3.05, 3.63) is 51.7 Å². The minimum Gasteiger partial charge on any atom is -0.493 e. The summed E-state index contributed by atoms with van der Waals surface area (Å²) in [5.41, 5.74) is 7.90. The third kappa shape index (κ3) is 3.39. The van der Waals surface area contributed by atoms with Crippen LogP contribution in [0.2, 0.25) is 0 Å². The molecule has 0 radical (unpaired) electrons. The first-order valence-electron chi connectivity index (χ1n) is 7.96. The molecule has 3 rings (SSSR count). The second-order valence-electron chi connectivity index (χ2n) is 5.67. The zero-order valence-corrected chi connectivity index (χ0v) is 15.1. The van der Waals surface area contributed by atoms with Gasteiger partial charge in [-0.05, 0) is 11.6 Å². The maximum atomic E-state index is 10.8. The van der Waals surface area contributed by atoms with Gasteiger partial charge in [0.2, 0.25) is 11.7 Å². The Morgan fingerprint density at radius 1 is 1.04 bits per heavy atom. The SMILES string of the molecule is COc1cc2c(Cc3ccc([N+](=O)[O-])cc3)nc(N)nc2c(OC)c1OC. The Hall–Kier alpha value is -3.62. The molecule has 0 aliphatic heterocycles. The Morgan fingerprint density at radius 2 is 1.70 bits per heavy atom. The molecule has 9 heteroatoms. The van der Waals surface area contributed by atoms with E-state index in [0.29, 0.717) is 40.3 Å². The first kappa shape index (κ1) is 18.2. The van der Waals surface area contributed by atoms with Crippen molar-refractivity contribution in [2.24, 2.45) is 0 Å². The highest BCUT2D eigenvalue weighted by atomic mass is 16.6. The quantitative estimate of drug-likeness (QED) is 0.519. The summed E-state index contributed by atoms with van der Waals surface area (Å²) >= 11 is 0. The highest BCUT2D eigenvalue weighted by Gasteiger charge is 2.20. The van der Waals surface area contributed by atoms with Crippen LogP contribution in [0.25, 0.3) is 10.9 Å². The summed E-state index contributed by atoms with van der Waals surface area (Å²) in [6.45, 7) is 0. The Labute approximate surface area is 154 Å². The molecule has 0 fully saturated rings. The second-order valence-corrected chi connectivity index (χ2v) is 5.67. The number of nitro benzene ring substituents is 1. The highest BCUT2D eigenvalue weighted by molar-refractivity contribution is 5.92. The summed E-state index contributed by atoms with van der Waals surface area (Å²) in [6.07, 6.45) is 0.403. The normalized spacial score (nSPS) is 10.6. The molecule has 0 aliphatic carbocycles. The van der Waals surface area contributed by atoms with Crippen molar-refractivity contribution in [3.63, 3.8) is 0 Å². The molecular weight excluding hydrogens is 352 g/mol. The molecule has 0 amide bonds. The van der Waals surface area contributed by atoms with Gasteiger partial charge in [0.15, 0.2) is 11.5 Å². The van der Waals surface area contributed by atoms with Crippen LogP contribution in [0.15, 0.2) is 30.3 Å². The summed E-state index contributed by atoms with van der Waals surface area (Å²) in [7, 11) is 4.54. The Balaban J connectivity index is 2.16. The zero-order chi connectivity index (χ0) is 19.6. The molecule has 1 heterocycles. The first-order chi connectivity index (χ1) is 13.0. The Bertz CT molecular complexity index is 1010. The van der Waals surface area contributed by atoms with Gasteiger partial charge >= 0.3 is 0 Å². The van der Waals surface area contributed by atoms with E-state index in [1.54, 1.807) is 18.2 Å². The van der Waals surface area contributed by atoms with E-state index in [2.05, 4.69) is 9.97 Å². The minimum atomic E-state index is -0.441. The van der Waals surface area contributed by atoms with Gasteiger partial charge in [0.25, 0.3) is 5.69 Å². The molecule has 0 aliphatic rings. The molecule has 0 saturated carbocycles. The van der Waals surface area contributed by atoms with Gasteiger partial charge in [-0.15, -0.1) is 0 Å². The standard InChI is InChI=1S/C18H18N4O5/c1-25-14-9-12-13(8-10-4-6-11(7-5-10)22(23)24)20-18(19)21-15(12)17(27-3)16(14)26-2/h4-7,9H,8H2,1-3H3,(H2,19,20,21). The maximum Gasteiger partial charge on any atom is 0.269 e. The molecule has 0 unspecified atom stereocenters. The molecule has 2 aromatic carbocycles. The van der Waals surface area contributed by atoms with Gasteiger partial charge in [-0.1, -0.05) is 12.1 Å². The smallest absolute Gasteiger partial charge is 0.269 e. The van der Waals surface area contributed by atoms with E-state index in [-0.39, 0.29) is 11.6 Å². The fourth-order valence-electron chi connectivity index (χ4n) is 2.87. The molecule has 9 nitrogen and oxygen atoms in total. The Kier molecular flexibility index (Phi) is 4.93. The fourth-order valence-corrected chi connectivity index (χ4v) is 2.87. The molecule has 27 heavy (non-hydrogen) atoms. The van der Waals surface area contributed by atoms with Gasteiger partial charge in [0, 0.05) is 23.9 Å². The lowest BCUT2D eigenvalue weighted by Gasteiger charge is -2.16. The Morgan fingerprint density at radius 3 is 2.26 bits per heavy atom. The largest absolute Gasteiger partial charge is 0.493 e. The van der Waals surface area contributed by atoms with Gasteiger partial charge in [-0.3, -0.25) is 10.1 Å². The van der Waals surface area contributed by atoms with Crippen LogP contribution in [0.1, 0.15) is 11.3 Å². The van der Waals surface area contributed by atoms with Gasteiger partial charge < -0.3 is 19.9 Å². The van der Waals surface area contributed by atoms with E-state index in [4.69, 9.17) is 19.9 Å². The van der Waals surface area contributed by atoms with Gasteiger partial charge in [-0.2, -0.15) is 0 Å². The lowest BCUT2D eigenvalue weighted by molar-refractivity contribution is -0.384.